The van der Waals surface area contributed by atoms with Crippen molar-refractivity contribution in [3.05, 3.63) is 0 Å². The maximum absolute atomic E-state index is 12.4. The number of guanidine groups is 1. The van der Waals surface area contributed by atoms with Crippen molar-refractivity contribution in [1.82, 2.24) is 20.4 Å². The number of carbonyl (C=O) groups is 2. The molecule has 7 nitrogen and oxygen atoms in total. The van der Waals surface area contributed by atoms with Crippen LogP contribution in [-0.4, -0.2) is 72.4 Å². The van der Waals surface area contributed by atoms with Crippen LogP contribution in [0.25, 0.3) is 0 Å². The van der Waals surface area contributed by atoms with Crippen LogP contribution in [0.1, 0.15) is 34.6 Å². The number of rotatable bonds is 4. The molecule has 0 aromatic rings. The van der Waals surface area contributed by atoms with E-state index < -0.39 is 0 Å². The lowest BCUT2D eigenvalue weighted by molar-refractivity contribution is -0.145. The topological polar surface area (TPSA) is 77.0 Å². The molecule has 0 radical (unpaired) electrons. The Morgan fingerprint density at radius 1 is 1.35 bits per heavy atom. The highest BCUT2D eigenvalue weighted by atomic mass is 127. The minimum atomic E-state index is -0.285. The van der Waals surface area contributed by atoms with Crippen LogP contribution < -0.4 is 10.6 Å². The third kappa shape index (κ3) is 5.82. The van der Waals surface area contributed by atoms with Crippen molar-refractivity contribution in [2.45, 2.75) is 46.2 Å². The average Bonchev–Trinajstić information content (AvgIpc) is 2.37. The van der Waals surface area contributed by atoms with Crippen LogP contribution in [0.5, 0.6) is 0 Å². The number of hydrogen-bond donors (Lipinski definition) is 2. The monoisotopic (exact) mass is 439 g/mol. The molecule has 8 heteroatoms. The molecule has 0 atom stereocenters. The minimum absolute atomic E-state index is 0. The van der Waals surface area contributed by atoms with E-state index in [9.17, 15) is 9.59 Å². The van der Waals surface area contributed by atoms with Gasteiger partial charge in [0.15, 0.2) is 5.96 Å². The van der Waals surface area contributed by atoms with Gasteiger partial charge >= 0.3 is 0 Å². The van der Waals surface area contributed by atoms with Crippen molar-refractivity contribution in [2.24, 2.45) is 4.99 Å². The van der Waals surface area contributed by atoms with Gasteiger partial charge in [0.2, 0.25) is 11.8 Å². The number of likely N-dealkylation sites (N-methyl/N-ethyl adjacent to an activating group) is 1. The fourth-order valence-corrected chi connectivity index (χ4v) is 3.06. The molecule has 1 rings (SSSR count). The van der Waals surface area contributed by atoms with Crippen LogP contribution >= 0.6 is 24.0 Å². The quantitative estimate of drug-likeness (QED) is 0.383. The molecule has 1 saturated heterocycles. The summed E-state index contributed by atoms with van der Waals surface area (Å²) in [5.74, 6) is 0.568. The molecule has 0 bridgehead atoms. The SMILES string of the molecule is CCNC(=O)CNC(=NC)N1CC(=O)N(C(C)C)C(C)(C)C1.I. The first-order valence-electron chi connectivity index (χ1n) is 7.77. The molecular formula is C15H30IN5O2. The van der Waals surface area contributed by atoms with E-state index in [2.05, 4.69) is 15.6 Å². The highest BCUT2D eigenvalue weighted by Crippen LogP contribution is 2.24. The Hall–Kier alpha value is -1.06. The molecule has 134 valence electrons. The predicted molar refractivity (Wildman–Crippen MR) is 103 cm³/mol. The molecule has 0 saturated carbocycles. The molecule has 1 fully saturated rings. The molecule has 2 amide bonds. The van der Waals surface area contributed by atoms with E-state index in [-0.39, 0.29) is 60.5 Å². The average molecular weight is 439 g/mol. The highest BCUT2D eigenvalue weighted by Gasteiger charge is 2.40. The number of amides is 2. The van der Waals surface area contributed by atoms with Crippen LogP contribution in [-0.2, 0) is 9.59 Å². The number of piperazine rings is 1. The second-order valence-electron chi connectivity index (χ2n) is 6.38. The second-order valence-corrected chi connectivity index (χ2v) is 6.38. The zero-order chi connectivity index (χ0) is 16.9. The van der Waals surface area contributed by atoms with Gasteiger partial charge in [-0.25, -0.2) is 0 Å². The van der Waals surface area contributed by atoms with Crippen molar-refractivity contribution < 1.29 is 9.59 Å². The number of hydrogen-bond acceptors (Lipinski definition) is 3. The Bertz CT molecular complexity index is 451. The van der Waals surface area contributed by atoms with Gasteiger partial charge in [-0.05, 0) is 34.6 Å². The molecule has 0 spiro atoms. The van der Waals surface area contributed by atoms with Crippen molar-refractivity contribution in [2.75, 3.05) is 33.2 Å². The molecule has 0 aromatic heterocycles. The maximum Gasteiger partial charge on any atom is 0.242 e. The zero-order valence-electron chi connectivity index (χ0n) is 15.0. The van der Waals surface area contributed by atoms with Crippen LogP contribution in [0, 0.1) is 0 Å². The molecule has 1 aliphatic heterocycles. The first-order chi connectivity index (χ1) is 10.2. The summed E-state index contributed by atoms with van der Waals surface area (Å²) >= 11 is 0. The molecule has 2 N–H and O–H groups in total. The Labute approximate surface area is 156 Å². The Balaban J connectivity index is 0.00000484. The van der Waals surface area contributed by atoms with Crippen LogP contribution in [0.4, 0.5) is 0 Å². The number of nitrogens with one attached hydrogen (secondary N) is 2. The lowest BCUT2D eigenvalue weighted by Crippen LogP contribution is -2.66. The molecule has 23 heavy (non-hydrogen) atoms. The van der Waals surface area contributed by atoms with E-state index in [1.54, 1.807) is 7.05 Å². The first-order valence-corrected chi connectivity index (χ1v) is 7.77. The normalized spacial score (nSPS) is 17.9. The van der Waals surface area contributed by atoms with Gasteiger partial charge in [-0.3, -0.25) is 14.6 Å². The highest BCUT2D eigenvalue weighted by molar-refractivity contribution is 14.0. The van der Waals surface area contributed by atoms with Gasteiger partial charge in [-0.1, -0.05) is 0 Å². The van der Waals surface area contributed by atoms with Crippen molar-refractivity contribution >= 4 is 41.8 Å². The first kappa shape index (κ1) is 21.9. The molecule has 1 aliphatic rings. The second kappa shape index (κ2) is 9.29. The van der Waals surface area contributed by atoms with E-state index in [1.165, 1.54) is 0 Å². The molecule has 0 unspecified atom stereocenters. The Morgan fingerprint density at radius 3 is 2.39 bits per heavy atom. The summed E-state index contributed by atoms with van der Waals surface area (Å²) in [7, 11) is 1.66. The third-order valence-corrected chi connectivity index (χ3v) is 3.63. The predicted octanol–water partition coefficient (Wildman–Crippen LogP) is 0.647. The van der Waals surface area contributed by atoms with E-state index in [4.69, 9.17) is 0 Å². The van der Waals surface area contributed by atoms with E-state index >= 15 is 0 Å². The smallest absolute Gasteiger partial charge is 0.242 e. The van der Waals surface area contributed by atoms with Gasteiger partial charge in [0.25, 0.3) is 0 Å². The van der Waals surface area contributed by atoms with E-state index in [0.29, 0.717) is 19.0 Å². The fourth-order valence-electron chi connectivity index (χ4n) is 3.06. The molecule has 1 heterocycles. The van der Waals surface area contributed by atoms with Gasteiger partial charge < -0.3 is 20.4 Å². The van der Waals surface area contributed by atoms with Crippen LogP contribution in [0.3, 0.4) is 0 Å². The fraction of sp³-hybridized carbons (Fsp3) is 0.800. The summed E-state index contributed by atoms with van der Waals surface area (Å²) in [6.07, 6.45) is 0. The summed E-state index contributed by atoms with van der Waals surface area (Å²) in [4.78, 5) is 32.0. The molecule has 0 aromatic carbocycles. The van der Waals surface area contributed by atoms with Crippen LogP contribution in [0.2, 0.25) is 0 Å². The zero-order valence-corrected chi connectivity index (χ0v) is 17.3. The number of carbonyl (C=O) groups excluding carboxylic acids is 2. The summed E-state index contributed by atoms with van der Waals surface area (Å²) in [5.41, 5.74) is -0.285. The van der Waals surface area contributed by atoms with Gasteiger partial charge in [-0.2, -0.15) is 0 Å². The van der Waals surface area contributed by atoms with Crippen molar-refractivity contribution in [3.63, 3.8) is 0 Å². The summed E-state index contributed by atoms with van der Waals surface area (Å²) in [5, 5.41) is 5.74. The summed E-state index contributed by atoms with van der Waals surface area (Å²) < 4.78 is 0. The number of halogens is 1. The largest absolute Gasteiger partial charge is 0.355 e. The Kier molecular flexibility index (Phi) is 8.86. The molecular weight excluding hydrogens is 409 g/mol. The maximum atomic E-state index is 12.4. The van der Waals surface area contributed by atoms with Gasteiger partial charge in [0.05, 0.1) is 18.6 Å². The lowest BCUT2D eigenvalue weighted by atomic mass is 9.96. The van der Waals surface area contributed by atoms with Crippen LogP contribution in [0.15, 0.2) is 4.99 Å². The third-order valence-electron chi connectivity index (χ3n) is 3.63. The standard InChI is InChI=1S/C15H29N5O2.HI/c1-7-17-12(21)8-18-14(16-6)19-9-13(22)20(11(2)3)15(4,5)10-19;/h11H,7-10H2,1-6H3,(H,16,18)(H,17,21);1H. The molecule has 0 aliphatic carbocycles. The van der Waals surface area contributed by atoms with Gasteiger partial charge in [0.1, 0.15) is 0 Å². The lowest BCUT2D eigenvalue weighted by Gasteiger charge is -2.49. The van der Waals surface area contributed by atoms with Gasteiger partial charge in [0, 0.05) is 26.2 Å². The van der Waals surface area contributed by atoms with Crippen molar-refractivity contribution in [3.8, 4) is 0 Å². The summed E-state index contributed by atoms with van der Waals surface area (Å²) in [6.45, 7) is 11.7. The van der Waals surface area contributed by atoms with E-state index in [1.807, 2.05) is 44.4 Å². The summed E-state index contributed by atoms with van der Waals surface area (Å²) in [6, 6.07) is 0.162. The Morgan fingerprint density at radius 2 is 1.96 bits per heavy atom. The number of nitrogens with zero attached hydrogens (tertiary/aromatic N) is 3. The minimum Gasteiger partial charge on any atom is -0.355 e. The number of aliphatic imine (C=N–C) groups is 1. The van der Waals surface area contributed by atoms with Gasteiger partial charge in [-0.15, -0.1) is 24.0 Å². The van der Waals surface area contributed by atoms with E-state index in [0.717, 1.165) is 0 Å². The van der Waals surface area contributed by atoms with Crippen molar-refractivity contribution in [1.29, 1.82) is 0 Å².